The number of halogens is 1. The van der Waals surface area contributed by atoms with Gasteiger partial charge in [0.2, 0.25) is 0 Å². The van der Waals surface area contributed by atoms with Gasteiger partial charge in [0, 0.05) is 11.3 Å². The van der Waals surface area contributed by atoms with Gasteiger partial charge in [-0.3, -0.25) is 9.59 Å². The van der Waals surface area contributed by atoms with Crippen LogP contribution in [-0.4, -0.2) is 27.6 Å². The second-order valence-corrected chi connectivity index (χ2v) is 13.9. The molecule has 1 aliphatic heterocycles. The largest absolute Gasteiger partial charge is 0.457 e. The Morgan fingerprint density at radius 2 is 1.92 bits per heavy atom. The molecule has 8 heteroatoms. The molecule has 2 aromatic carbocycles. The molecule has 0 radical (unpaired) electrons. The number of thiazole rings is 1. The number of ether oxygens (including phenoxy) is 1. The Morgan fingerprint density at radius 3 is 2.61 bits per heavy atom. The monoisotopic (exact) mass is 554 g/mol. The molecule has 202 valence electrons. The van der Waals surface area contributed by atoms with E-state index in [-0.39, 0.29) is 29.4 Å². The topological polar surface area (TPSA) is 82.3 Å². The van der Waals surface area contributed by atoms with Crippen molar-refractivity contribution in [1.82, 2.24) is 4.98 Å². The summed E-state index contributed by atoms with van der Waals surface area (Å²) in [6, 6.07) is 10.6. The number of esters is 1. The zero-order valence-corrected chi connectivity index (χ0v) is 23.9. The van der Waals surface area contributed by atoms with Crippen molar-refractivity contribution < 1.29 is 18.7 Å². The minimum Gasteiger partial charge on any atom is -0.457 e. The molecule has 1 unspecified atom stereocenters. The molecule has 5 nitrogen and oxygen atoms in total. The zero-order chi connectivity index (χ0) is 27.1. The number of aromatic nitrogens is 1. The quantitative estimate of drug-likeness (QED) is 0.255. The number of anilines is 1. The van der Waals surface area contributed by atoms with Gasteiger partial charge in [-0.15, -0.1) is 11.8 Å². The van der Waals surface area contributed by atoms with E-state index < -0.39 is 16.8 Å². The van der Waals surface area contributed by atoms with Crippen LogP contribution in [0.15, 0.2) is 41.3 Å². The van der Waals surface area contributed by atoms with Gasteiger partial charge in [-0.05, 0) is 72.4 Å². The summed E-state index contributed by atoms with van der Waals surface area (Å²) in [7, 11) is 0. The molecular weight excluding hydrogens is 519 g/mol. The van der Waals surface area contributed by atoms with E-state index in [2.05, 4.69) is 25.8 Å². The number of hydrogen-bond donors (Lipinski definition) is 1. The number of cyclic esters (lactones) is 1. The molecule has 2 aliphatic rings. The Labute approximate surface area is 231 Å². The standard InChI is InChI=1S/C30H35FN2O3S2/c1-29(2,3)21-15-22-25(38-28(32)33-22)16-24(21)37-26-23(34)17-30(36-27(26)35,19-9-5-4-6-10-19)13-12-18-8-7-11-20(31)14-18/h7-8,11,14-16,19,26H,4-6,9-10,12-13,17H2,1-3H3,(H2,32,33)/t26?,30-/m0/s1. The number of nitrogens with two attached hydrogens (primary N) is 1. The van der Waals surface area contributed by atoms with Crippen LogP contribution in [0.2, 0.25) is 0 Å². The molecule has 1 aromatic heterocycles. The summed E-state index contributed by atoms with van der Waals surface area (Å²) >= 11 is 2.69. The van der Waals surface area contributed by atoms with Gasteiger partial charge in [0.15, 0.2) is 16.2 Å². The highest BCUT2D eigenvalue weighted by Crippen LogP contribution is 2.46. The maximum atomic E-state index is 13.8. The van der Waals surface area contributed by atoms with Crippen molar-refractivity contribution in [2.75, 3.05) is 5.73 Å². The lowest BCUT2D eigenvalue weighted by Gasteiger charge is -2.45. The number of nitrogen functional groups attached to an aromatic ring is 1. The zero-order valence-electron chi connectivity index (χ0n) is 22.2. The maximum absolute atomic E-state index is 13.8. The highest BCUT2D eigenvalue weighted by atomic mass is 32.2. The molecular formula is C30H35FN2O3S2. The van der Waals surface area contributed by atoms with Crippen LogP contribution in [0.5, 0.6) is 0 Å². The first-order valence-electron chi connectivity index (χ1n) is 13.4. The fourth-order valence-electron chi connectivity index (χ4n) is 5.95. The number of hydrogen-bond acceptors (Lipinski definition) is 7. The third kappa shape index (κ3) is 5.62. The number of ketones is 1. The lowest BCUT2D eigenvalue weighted by atomic mass is 9.70. The van der Waals surface area contributed by atoms with Crippen LogP contribution in [0.25, 0.3) is 10.2 Å². The van der Waals surface area contributed by atoms with Gasteiger partial charge < -0.3 is 10.5 Å². The third-order valence-electron chi connectivity index (χ3n) is 7.92. The van der Waals surface area contributed by atoms with Crippen molar-refractivity contribution in [3.05, 3.63) is 53.3 Å². The number of thioether (sulfide) groups is 1. The minimum atomic E-state index is -0.912. The molecule has 1 saturated heterocycles. The molecule has 2 N–H and O–H groups in total. The van der Waals surface area contributed by atoms with Crippen molar-refractivity contribution in [2.24, 2.45) is 5.92 Å². The van der Waals surface area contributed by atoms with E-state index in [1.165, 1.54) is 35.2 Å². The summed E-state index contributed by atoms with van der Waals surface area (Å²) in [6.45, 7) is 6.32. The molecule has 2 heterocycles. The van der Waals surface area contributed by atoms with Crippen LogP contribution in [0, 0.1) is 11.7 Å². The summed E-state index contributed by atoms with van der Waals surface area (Å²) in [6.07, 6.45) is 6.48. The molecule has 0 bridgehead atoms. The Bertz CT molecular complexity index is 1340. The van der Waals surface area contributed by atoms with E-state index in [1.807, 2.05) is 18.2 Å². The fourth-order valence-corrected chi connectivity index (χ4v) is 8.08. The van der Waals surface area contributed by atoms with E-state index in [0.717, 1.165) is 58.3 Å². The van der Waals surface area contributed by atoms with Crippen LogP contribution in [-0.2, 0) is 26.2 Å². The highest BCUT2D eigenvalue weighted by molar-refractivity contribution is 8.01. The second-order valence-electron chi connectivity index (χ2n) is 11.7. The molecule has 0 spiro atoms. The number of fused-ring (bicyclic) bond motifs is 1. The summed E-state index contributed by atoms with van der Waals surface area (Å²) in [4.78, 5) is 32.7. The minimum absolute atomic E-state index is 0.0835. The summed E-state index contributed by atoms with van der Waals surface area (Å²) in [5, 5.41) is -0.421. The average Bonchev–Trinajstić information content (AvgIpc) is 3.23. The van der Waals surface area contributed by atoms with Crippen molar-refractivity contribution in [3.63, 3.8) is 0 Å². The molecule has 1 saturated carbocycles. The molecule has 38 heavy (non-hydrogen) atoms. The van der Waals surface area contributed by atoms with Gasteiger partial charge in [-0.25, -0.2) is 9.37 Å². The Balaban J connectivity index is 1.42. The number of carbonyl (C=O) groups excluding carboxylic acids is 2. The van der Waals surface area contributed by atoms with Gasteiger partial charge in [0.05, 0.1) is 10.2 Å². The van der Waals surface area contributed by atoms with Crippen LogP contribution in [0.3, 0.4) is 0 Å². The van der Waals surface area contributed by atoms with Crippen LogP contribution in [0.1, 0.15) is 76.8 Å². The number of rotatable bonds is 6. The van der Waals surface area contributed by atoms with Crippen molar-refractivity contribution in [2.45, 2.75) is 93.3 Å². The van der Waals surface area contributed by atoms with E-state index in [4.69, 9.17) is 10.5 Å². The smallest absolute Gasteiger partial charge is 0.327 e. The Hall–Kier alpha value is -2.45. The number of Topliss-reactive ketones (excluding diaryl/α,β-unsaturated/α-hetero) is 1. The first kappa shape index (κ1) is 27.1. The van der Waals surface area contributed by atoms with Gasteiger partial charge in [-0.2, -0.15) is 0 Å². The number of benzene rings is 2. The second kappa shape index (κ2) is 10.6. The highest BCUT2D eigenvalue weighted by Gasteiger charge is 2.51. The third-order valence-corrected chi connectivity index (χ3v) is 10.0. The molecule has 3 aromatic rings. The average molecular weight is 555 g/mol. The first-order valence-corrected chi connectivity index (χ1v) is 15.1. The molecule has 1 aliphatic carbocycles. The molecule has 5 rings (SSSR count). The Kier molecular flexibility index (Phi) is 7.57. The van der Waals surface area contributed by atoms with E-state index >= 15 is 0 Å². The predicted octanol–water partition coefficient (Wildman–Crippen LogP) is 7.24. The lowest BCUT2D eigenvalue weighted by Crippen LogP contribution is -2.53. The maximum Gasteiger partial charge on any atom is 0.327 e. The normalized spacial score (nSPS) is 23.1. The van der Waals surface area contributed by atoms with Gasteiger partial charge in [0.1, 0.15) is 11.4 Å². The van der Waals surface area contributed by atoms with Crippen LogP contribution >= 0.6 is 23.1 Å². The van der Waals surface area contributed by atoms with Crippen LogP contribution in [0.4, 0.5) is 9.52 Å². The summed E-state index contributed by atoms with van der Waals surface area (Å²) in [5.74, 6) is -0.679. The van der Waals surface area contributed by atoms with E-state index in [1.54, 1.807) is 6.07 Å². The number of carbonyl (C=O) groups is 2. The SMILES string of the molecule is CC(C)(C)c1cc2nc(N)sc2cc1SC1C(=O)C[C@@](CCc2cccc(F)c2)(C2CCCCC2)OC1=O. The van der Waals surface area contributed by atoms with E-state index in [9.17, 15) is 14.0 Å². The molecule has 2 atom stereocenters. The van der Waals surface area contributed by atoms with Crippen molar-refractivity contribution >= 4 is 50.2 Å². The van der Waals surface area contributed by atoms with Gasteiger partial charge in [-0.1, -0.05) is 63.5 Å². The van der Waals surface area contributed by atoms with E-state index in [0.29, 0.717) is 18.0 Å². The van der Waals surface area contributed by atoms with Gasteiger partial charge in [0.25, 0.3) is 0 Å². The lowest BCUT2D eigenvalue weighted by molar-refractivity contribution is -0.179. The predicted molar refractivity (Wildman–Crippen MR) is 152 cm³/mol. The fraction of sp³-hybridized carbons (Fsp3) is 0.500. The number of aryl methyl sites for hydroxylation is 1. The summed E-state index contributed by atoms with van der Waals surface area (Å²) < 4.78 is 21.1. The van der Waals surface area contributed by atoms with Crippen LogP contribution < -0.4 is 5.73 Å². The molecule has 2 fully saturated rings. The number of nitrogens with zero attached hydrogens (tertiary/aromatic N) is 1. The summed E-state index contributed by atoms with van der Waals surface area (Å²) in [5.41, 5.74) is 7.62. The van der Waals surface area contributed by atoms with Gasteiger partial charge >= 0.3 is 5.97 Å². The van der Waals surface area contributed by atoms with Crippen molar-refractivity contribution in [1.29, 1.82) is 0 Å². The molecule has 0 amide bonds. The Morgan fingerprint density at radius 1 is 1.16 bits per heavy atom. The first-order chi connectivity index (χ1) is 18.0. The van der Waals surface area contributed by atoms with Crippen molar-refractivity contribution in [3.8, 4) is 0 Å².